The number of nitrogens with one attached hydrogen (secondary N) is 2. The van der Waals surface area contributed by atoms with E-state index in [4.69, 9.17) is 21.7 Å². The molecule has 162 valence electrons. The number of carbonyl (C=O) groups is 1. The molecule has 2 rings (SSSR count). The van der Waals surface area contributed by atoms with Crippen molar-refractivity contribution in [2.24, 2.45) is 5.92 Å². The molecule has 0 bridgehead atoms. The van der Waals surface area contributed by atoms with E-state index >= 15 is 0 Å². The molecule has 5 nitrogen and oxygen atoms in total. The summed E-state index contributed by atoms with van der Waals surface area (Å²) >= 11 is 8.74. The molecule has 1 amide bonds. The van der Waals surface area contributed by atoms with Gasteiger partial charge < -0.3 is 14.8 Å². The van der Waals surface area contributed by atoms with Crippen LogP contribution >= 0.6 is 28.1 Å². The van der Waals surface area contributed by atoms with E-state index in [1.54, 1.807) is 12.1 Å². The highest BCUT2D eigenvalue weighted by Crippen LogP contribution is 2.24. The third-order valence-corrected chi connectivity index (χ3v) is 5.07. The standard InChI is InChI=1S/C23H29BrN2O3S/c1-5-16(4)29-19-8-6-7-18(14-19)25-23(30)26-22(27)20-13-17(24)9-10-21(20)28-12-11-15(2)3/h6-10,13-16H,5,11-12H2,1-4H3,(H2,25,26,27,30). The first-order valence-electron chi connectivity index (χ1n) is 10.1. The third-order valence-electron chi connectivity index (χ3n) is 4.37. The van der Waals surface area contributed by atoms with Crippen LogP contribution in [-0.4, -0.2) is 23.7 Å². The molecule has 0 fully saturated rings. The van der Waals surface area contributed by atoms with Gasteiger partial charge in [-0.3, -0.25) is 10.1 Å². The fraction of sp³-hybridized carbons (Fsp3) is 0.391. The van der Waals surface area contributed by atoms with Gasteiger partial charge in [-0.2, -0.15) is 0 Å². The number of amides is 1. The zero-order chi connectivity index (χ0) is 22.1. The van der Waals surface area contributed by atoms with Crippen molar-refractivity contribution < 1.29 is 14.3 Å². The summed E-state index contributed by atoms with van der Waals surface area (Å²) in [5.41, 5.74) is 1.16. The Bertz CT molecular complexity index is 873. The third kappa shape index (κ3) is 7.95. The van der Waals surface area contributed by atoms with Crippen molar-refractivity contribution in [1.29, 1.82) is 0 Å². The minimum atomic E-state index is -0.333. The van der Waals surface area contributed by atoms with Gasteiger partial charge in [0.1, 0.15) is 11.5 Å². The molecular formula is C23H29BrN2O3S. The molecule has 7 heteroatoms. The highest BCUT2D eigenvalue weighted by atomic mass is 79.9. The molecule has 0 aliphatic carbocycles. The number of hydrogen-bond donors (Lipinski definition) is 2. The highest BCUT2D eigenvalue weighted by molar-refractivity contribution is 9.10. The maximum atomic E-state index is 12.8. The van der Waals surface area contributed by atoms with Crippen LogP contribution in [0.15, 0.2) is 46.9 Å². The van der Waals surface area contributed by atoms with Crippen molar-refractivity contribution in [3.05, 3.63) is 52.5 Å². The van der Waals surface area contributed by atoms with E-state index < -0.39 is 0 Å². The van der Waals surface area contributed by atoms with Gasteiger partial charge in [0.2, 0.25) is 0 Å². The topological polar surface area (TPSA) is 59.6 Å². The van der Waals surface area contributed by atoms with Crippen molar-refractivity contribution in [1.82, 2.24) is 5.32 Å². The number of thiocarbonyl (C=S) groups is 1. The number of halogens is 1. The Labute approximate surface area is 192 Å². The zero-order valence-electron chi connectivity index (χ0n) is 17.8. The summed E-state index contributed by atoms with van der Waals surface area (Å²) in [5, 5.41) is 5.96. The van der Waals surface area contributed by atoms with Gasteiger partial charge in [-0.1, -0.05) is 42.8 Å². The maximum absolute atomic E-state index is 12.8. The SMILES string of the molecule is CCC(C)Oc1cccc(NC(=S)NC(=O)c2cc(Br)ccc2OCCC(C)C)c1. The van der Waals surface area contributed by atoms with Crippen molar-refractivity contribution in [2.45, 2.75) is 46.6 Å². The summed E-state index contributed by atoms with van der Waals surface area (Å²) in [5.74, 6) is 1.47. The molecule has 0 heterocycles. The van der Waals surface area contributed by atoms with E-state index in [1.165, 1.54) is 0 Å². The molecule has 2 N–H and O–H groups in total. The average molecular weight is 493 g/mol. The largest absolute Gasteiger partial charge is 0.493 e. The number of ether oxygens (including phenoxy) is 2. The predicted octanol–water partition coefficient (Wildman–Crippen LogP) is 6.18. The Hall–Kier alpha value is -2.12. The second-order valence-electron chi connectivity index (χ2n) is 7.44. The molecule has 2 aromatic rings. The van der Waals surface area contributed by atoms with Crippen molar-refractivity contribution in [3.8, 4) is 11.5 Å². The van der Waals surface area contributed by atoms with Gasteiger partial charge in [0.25, 0.3) is 5.91 Å². The summed E-state index contributed by atoms with van der Waals surface area (Å²) < 4.78 is 12.4. The fourth-order valence-corrected chi connectivity index (χ4v) is 3.08. The van der Waals surface area contributed by atoms with Gasteiger partial charge in [-0.25, -0.2) is 0 Å². The molecule has 2 aromatic carbocycles. The Balaban J connectivity index is 2.03. The van der Waals surface area contributed by atoms with Gasteiger partial charge in [0.15, 0.2) is 5.11 Å². The summed E-state index contributed by atoms with van der Waals surface area (Å²) in [6.07, 6.45) is 1.95. The summed E-state index contributed by atoms with van der Waals surface area (Å²) in [4.78, 5) is 12.8. The lowest BCUT2D eigenvalue weighted by Crippen LogP contribution is -2.34. The molecule has 0 spiro atoms. The van der Waals surface area contributed by atoms with Gasteiger partial charge in [-0.15, -0.1) is 0 Å². The number of anilines is 1. The Kier molecular flexibility index (Phi) is 9.59. The van der Waals surface area contributed by atoms with Crippen LogP contribution in [-0.2, 0) is 0 Å². The van der Waals surface area contributed by atoms with E-state index in [0.717, 1.165) is 28.8 Å². The Morgan fingerprint density at radius 2 is 1.93 bits per heavy atom. The van der Waals surface area contributed by atoms with Crippen LogP contribution < -0.4 is 20.1 Å². The number of benzene rings is 2. The summed E-state index contributed by atoms with van der Waals surface area (Å²) in [6, 6.07) is 12.8. The molecule has 0 saturated heterocycles. The molecule has 30 heavy (non-hydrogen) atoms. The van der Waals surface area contributed by atoms with Crippen LogP contribution in [0.5, 0.6) is 11.5 Å². The van der Waals surface area contributed by atoms with Crippen LogP contribution in [0.4, 0.5) is 5.69 Å². The zero-order valence-corrected chi connectivity index (χ0v) is 20.2. The van der Waals surface area contributed by atoms with Crippen molar-refractivity contribution in [2.75, 3.05) is 11.9 Å². The predicted molar refractivity (Wildman–Crippen MR) is 130 cm³/mol. The fourth-order valence-electron chi connectivity index (χ4n) is 2.51. The lowest BCUT2D eigenvalue weighted by Gasteiger charge is -2.15. The van der Waals surface area contributed by atoms with Crippen LogP contribution in [0, 0.1) is 5.92 Å². The lowest BCUT2D eigenvalue weighted by atomic mass is 10.1. The smallest absolute Gasteiger partial charge is 0.261 e. The van der Waals surface area contributed by atoms with Crippen molar-refractivity contribution >= 4 is 44.9 Å². The Morgan fingerprint density at radius 3 is 2.63 bits per heavy atom. The number of hydrogen-bond acceptors (Lipinski definition) is 4. The second kappa shape index (κ2) is 11.9. The molecule has 0 aromatic heterocycles. The van der Waals surface area contributed by atoms with Gasteiger partial charge in [0, 0.05) is 16.2 Å². The summed E-state index contributed by atoms with van der Waals surface area (Å²) in [6.45, 7) is 8.90. The van der Waals surface area contributed by atoms with Gasteiger partial charge >= 0.3 is 0 Å². The minimum absolute atomic E-state index is 0.123. The van der Waals surface area contributed by atoms with Crippen LogP contribution in [0.3, 0.4) is 0 Å². The number of carbonyl (C=O) groups excluding carboxylic acids is 1. The van der Waals surface area contributed by atoms with Gasteiger partial charge in [0.05, 0.1) is 18.3 Å². The molecule has 0 aliphatic heterocycles. The number of rotatable bonds is 9. The first-order valence-corrected chi connectivity index (χ1v) is 11.3. The highest BCUT2D eigenvalue weighted by Gasteiger charge is 2.15. The van der Waals surface area contributed by atoms with E-state index in [1.807, 2.05) is 37.3 Å². The van der Waals surface area contributed by atoms with Crippen molar-refractivity contribution in [3.63, 3.8) is 0 Å². The molecule has 0 radical (unpaired) electrons. The van der Waals surface area contributed by atoms with E-state index in [2.05, 4.69) is 47.3 Å². The normalized spacial score (nSPS) is 11.7. The molecule has 0 aliphatic rings. The quantitative estimate of drug-likeness (QED) is 0.409. The van der Waals surface area contributed by atoms with E-state index in [-0.39, 0.29) is 17.1 Å². The van der Waals surface area contributed by atoms with Crippen LogP contribution in [0.25, 0.3) is 0 Å². The summed E-state index contributed by atoms with van der Waals surface area (Å²) in [7, 11) is 0. The van der Waals surface area contributed by atoms with Crippen LogP contribution in [0.1, 0.15) is 50.9 Å². The minimum Gasteiger partial charge on any atom is -0.493 e. The van der Waals surface area contributed by atoms with E-state index in [9.17, 15) is 4.79 Å². The second-order valence-corrected chi connectivity index (χ2v) is 8.77. The lowest BCUT2D eigenvalue weighted by molar-refractivity contribution is 0.0973. The van der Waals surface area contributed by atoms with E-state index in [0.29, 0.717) is 23.8 Å². The van der Waals surface area contributed by atoms with Crippen LogP contribution in [0.2, 0.25) is 0 Å². The average Bonchev–Trinajstić information content (AvgIpc) is 2.68. The first-order chi connectivity index (χ1) is 14.3. The molecule has 1 atom stereocenters. The molecule has 0 saturated carbocycles. The first kappa shape index (κ1) is 24.2. The maximum Gasteiger partial charge on any atom is 0.261 e. The molecule has 1 unspecified atom stereocenters. The van der Waals surface area contributed by atoms with Gasteiger partial charge in [-0.05, 0) is 68.2 Å². The Morgan fingerprint density at radius 1 is 1.17 bits per heavy atom. The monoisotopic (exact) mass is 492 g/mol. The molecular weight excluding hydrogens is 464 g/mol.